The van der Waals surface area contributed by atoms with Crippen LogP contribution < -0.4 is 0 Å². The van der Waals surface area contributed by atoms with Crippen molar-refractivity contribution in [3.05, 3.63) is 35.4 Å². The maximum atomic E-state index is 10.4. The van der Waals surface area contributed by atoms with Gasteiger partial charge in [-0.15, -0.1) is 0 Å². The van der Waals surface area contributed by atoms with Crippen LogP contribution in [0.3, 0.4) is 0 Å². The Labute approximate surface area is 76.6 Å². The predicted octanol–water partition coefficient (Wildman–Crippen LogP) is 1.37. The van der Waals surface area contributed by atoms with Crippen molar-refractivity contribution in [1.82, 2.24) is 0 Å². The number of hydrogen-bond acceptors (Lipinski definition) is 2. The second-order valence-electron chi connectivity index (χ2n) is 2.84. The van der Waals surface area contributed by atoms with Gasteiger partial charge in [0.05, 0.1) is 0 Å². The molecule has 0 aromatic heterocycles. The second-order valence-corrected chi connectivity index (χ2v) is 2.84. The van der Waals surface area contributed by atoms with Crippen LogP contribution in [0, 0.1) is 0 Å². The van der Waals surface area contributed by atoms with Crippen molar-refractivity contribution in [2.75, 3.05) is 0 Å². The molecular weight excluding hydrogens is 168 g/mol. The predicted molar refractivity (Wildman–Crippen MR) is 48.4 cm³/mol. The lowest BCUT2D eigenvalue weighted by atomic mass is 10.1. The summed E-state index contributed by atoms with van der Waals surface area (Å²) < 4.78 is 0. The normalized spacial score (nSPS) is 12.5. The molecule has 0 aliphatic carbocycles. The summed E-state index contributed by atoms with van der Waals surface area (Å²) in [5.74, 6) is -1.22. The smallest absolute Gasteiger partial charge is 0.337 e. The third-order valence-electron chi connectivity index (χ3n) is 1.94. The molecule has 1 aromatic carbocycles. The van der Waals surface area contributed by atoms with Crippen molar-refractivity contribution < 1.29 is 15.0 Å². The number of aliphatic hydroxyl groups excluding tert-OH is 1. The Balaban J connectivity index is 2.85. The van der Waals surface area contributed by atoms with Crippen LogP contribution in [0.5, 0.6) is 0 Å². The monoisotopic (exact) mass is 180 g/mol. The number of hydrogen-bond donors (Lipinski definition) is 2. The Morgan fingerprint density at radius 1 is 1.38 bits per heavy atom. The molecule has 0 bridgehead atoms. The molecule has 3 heteroatoms. The van der Waals surface area contributed by atoms with Crippen LogP contribution in [0.4, 0.5) is 0 Å². The molecule has 1 atom stereocenters. The van der Waals surface area contributed by atoms with Crippen LogP contribution in [0.1, 0.15) is 24.2 Å². The van der Waals surface area contributed by atoms with Crippen LogP contribution in [-0.4, -0.2) is 16.2 Å². The summed E-state index contributed by atoms with van der Waals surface area (Å²) in [5.41, 5.74) is 1.55. The molecule has 0 aliphatic heterocycles. The summed E-state index contributed by atoms with van der Waals surface area (Å²) in [6.07, 6.45) is -0.505. The molecule has 0 radical (unpaired) electrons. The Kier molecular flexibility index (Phi) is 3.03. The molecule has 1 rings (SSSR count). The Bertz CT molecular complexity index is 290. The van der Waals surface area contributed by atoms with E-state index in [9.17, 15) is 4.79 Å². The number of carboxylic acid groups (broad SMARTS) is 1. The highest BCUT2D eigenvalue weighted by Crippen LogP contribution is 2.13. The van der Waals surface area contributed by atoms with Crippen molar-refractivity contribution in [3.8, 4) is 0 Å². The number of carbonyl (C=O) groups is 1. The minimum absolute atomic E-state index is 0.421. The topological polar surface area (TPSA) is 57.5 Å². The van der Waals surface area contributed by atoms with E-state index in [-0.39, 0.29) is 0 Å². The lowest BCUT2D eigenvalue weighted by Gasteiger charge is -2.05. The summed E-state index contributed by atoms with van der Waals surface area (Å²) in [4.78, 5) is 10.4. The third-order valence-corrected chi connectivity index (χ3v) is 1.94. The molecule has 3 nitrogen and oxygen atoms in total. The number of carboxylic acids is 1. The molecule has 0 aliphatic rings. The molecule has 70 valence electrons. The van der Waals surface area contributed by atoms with Gasteiger partial charge in [0, 0.05) is 0 Å². The number of rotatable bonds is 3. The fourth-order valence-electron chi connectivity index (χ4n) is 1.08. The largest absolute Gasteiger partial charge is 0.479 e. The van der Waals surface area contributed by atoms with Crippen molar-refractivity contribution in [2.45, 2.75) is 19.4 Å². The van der Waals surface area contributed by atoms with Gasteiger partial charge in [0.1, 0.15) is 0 Å². The van der Waals surface area contributed by atoms with E-state index in [2.05, 4.69) is 0 Å². The Morgan fingerprint density at radius 2 is 1.92 bits per heavy atom. The first-order valence-corrected chi connectivity index (χ1v) is 4.15. The van der Waals surface area contributed by atoms with Gasteiger partial charge in [0.25, 0.3) is 0 Å². The zero-order valence-electron chi connectivity index (χ0n) is 7.40. The summed E-state index contributed by atoms with van der Waals surface area (Å²) in [7, 11) is 0. The van der Waals surface area contributed by atoms with Crippen molar-refractivity contribution in [3.63, 3.8) is 0 Å². The molecule has 0 fully saturated rings. The summed E-state index contributed by atoms with van der Waals surface area (Å²) in [5, 5.41) is 17.7. The Morgan fingerprint density at radius 3 is 2.31 bits per heavy atom. The first-order valence-electron chi connectivity index (χ1n) is 4.15. The Hall–Kier alpha value is -1.35. The molecule has 2 N–H and O–H groups in total. The fourth-order valence-corrected chi connectivity index (χ4v) is 1.08. The minimum atomic E-state index is -1.41. The average Bonchev–Trinajstić information content (AvgIpc) is 2.17. The van der Waals surface area contributed by atoms with Crippen LogP contribution in [0.2, 0.25) is 0 Å². The van der Waals surface area contributed by atoms with E-state index in [0.717, 1.165) is 12.0 Å². The highest BCUT2D eigenvalue weighted by Gasteiger charge is 2.14. The average molecular weight is 180 g/mol. The quantitative estimate of drug-likeness (QED) is 0.738. The van der Waals surface area contributed by atoms with Crippen LogP contribution in [0.25, 0.3) is 0 Å². The lowest BCUT2D eigenvalue weighted by molar-refractivity contribution is -0.146. The van der Waals surface area contributed by atoms with Gasteiger partial charge in [-0.05, 0) is 17.5 Å². The maximum Gasteiger partial charge on any atom is 0.337 e. The summed E-state index contributed by atoms with van der Waals surface area (Å²) in [6, 6.07) is 6.91. The van der Waals surface area contributed by atoms with Gasteiger partial charge in [-0.1, -0.05) is 31.2 Å². The van der Waals surface area contributed by atoms with Gasteiger partial charge in [-0.3, -0.25) is 0 Å². The van der Waals surface area contributed by atoms with Gasteiger partial charge in [0.2, 0.25) is 0 Å². The fraction of sp³-hybridized carbons (Fsp3) is 0.300. The molecule has 0 saturated heterocycles. The van der Waals surface area contributed by atoms with Crippen LogP contribution >= 0.6 is 0 Å². The van der Waals surface area contributed by atoms with E-state index in [4.69, 9.17) is 10.2 Å². The van der Waals surface area contributed by atoms with Crippen molar-refractivity contribution in [1.29, 1.82) is 0 Å². The maximum absolute atomic E-state index is 10.4. The van der Waals surface area contributed by atoms with Gasteiger partial charge in [0.15, 0.2) is 6.10 Å². The van der Waals surface area contributed by atoms with Gasteiger partial charge >= 0.3 is 5.97 Å². The number of aryl methyl sites for hydroxylation is 1. The number of aliphatic carboxylic acids is 1. The number of benzene rings is 1. The van der Waals surface area contributed by atoms with E-state index in [0.29, 0.717) is 5.56 Å². The molecule has 1 aromatic rings. The molecule has 13 heavy (non-hydrogen) atoms. The SMILES string of the molecule is CCc1ccc([C@@H](O)C(=O)O)cc1. The van der Waals surface area contributed by atoms with E-state index < -0.39 is 12.1 Å². The van der Waals surface area contributed by atoms with E-state index in [1.54, 1.807) is 12.1 Å². The first kappa shape index (κ1) is 9.74. The molecular formula is C10H12O3. The second kappa shape index (κ2) is 4.05. The van der Waals surface area contributed by atoms with E-state index in [1.165, 1.54) is 0 Å². The molecule has 0 amide bonds. The van der Waals surface area contributed by atoms with Gasteiger partial charge in [-0.2, -0.15) is 0 Å². The van der Waals surface area contributed by atoms with Crippen LogP contribution in [0.15, 0.2) is 24.3 Å². The summed E-state index contributed by atoms with van der Waals surface area (Å²) in [6.45, 7) is 2.02. The minimum Gasteiger partial charge on any atom is -0.479 e. The highest BCUT2D eigenvalue weighted by molar-refractivity contribution is 5.73. The third kappa shape index (κ3) is 2.29. The zero-order valence-corrected chi connectivity index (χ0v) is 7.40. The molecule has 0 unspecified atom stereocenters. The van der Waals surface area contributed by atoms with Gasteiger partial charge < -0.3 is 10.2 Å². The van der Waals surface area contributed by atoms with E-state index in [1.807, 2.05) is 19.1 Å². The van der Waals surface area contributed by atoms with E-state index >= 15 is 0 Å². The highest BCUT2D eigenvalue weighted by atomic mass is 16.4. The lowest BCUT2D eigenvalue weighted by Crippen LogP contribution is -2.10. The van der Waals surface area contributed by atoms with Crippen molar-refractivity contribution >= 4 is 5.97 Å². The zero-order chi connectivity index (χ0) is 9.84. The standard InChI is InChI=1S/C10H12O3/c1-2-7-3-5-8(6-4-7)9(11)10(12)13/h3-6,9,11H,2H2,1H3,(H,12,13)/t9-/m1/s1. The molecule has 0 saturated carbocycles. The summed E-state index contributed by atoms with van der Waals surface area (Å²) >= 11 is 0. The van der Waals surface area contributed by atoms with Crippen molar-refractivity contribution in [2.24, 2.45) is 0 Å². The molecule has 0 heterocycles. The van der Waals surface area contributed by atoms with Gasteiger partial charge in [-0.25, -0.2) is 4.79 Å². The number of aliphatic hydroxyl groups is 1. The van der Waals surface area contributed by atoms with Crippen LogP contribution in [-0.2, 0) is 11.2 Å². The first-order chi connectivity index (χ1) is 6.15. The molecule has 0 spiro atoms.